The van der Waals surface area contributed by atoms with Gasteiger partial charge in [0.25, 0.3) is 0 Å². The third kappa shape index (κ3) is 3.25. The number of nitrogens with two attached hydrogens (primary N) is 2. The van der Waals surface area contributed by atoms with Gasteiger partial charge in [0, 0.05) is 42.2 Å². The maximum atomic E-state index is 9.91. The lowest BCUT2D eigenvalue weighted by atomic mass is 9.93. The Morgan fingerprint density at radius 1 is 1.42 bits per heavy atom. The van der Waals surface area contributed by atoms with Gasteiger partial charge in [0.2, 0.25) is 0 Å². The van der Waals surface area contributed by atoms with Gasteiger partial charge in [-0.2, -0.15) is 0 Å². The topological polar surface area (TPSA) is 107 Å². The van der Waals surface area contributed by atoms with Crippen molar-refractivity contribution in [1.82, 2.24) is 4.98 Å². The predicted octanol–water partition coefficient (Wildman–Crippen LogP) is 2.28. The molecule has 128 valence electrons. The lowest BCUT2D eigenvalue weighted by Gasteiger charge is -2.29. The molecule has 6 N–H and O–H groups in total. The fraction of sp³-hybridized carbons (Fsp3) is 0.333. The van der Waals surface area contributed by atoms with Crippen molar-refractivity contribution in [1.29, 1.82) is 0 Å². The molecule has 1 fully saturated rings. The molecule has 2 unspecified atom stereocenters. The summed E-state index contributed by atoms with van der Waals surface area (Å²) in [6.45, 7) is 1.28. The summed E-state index contributed by atoms with van der Waals surface area (Å²) >= 11 is 0. The fourth-order valence-corrected chi connectivity index (χ4v) is 3.09. The van der Waals surface area contributed by atoms with Crippen LogP contribution in [-0.4, -0.2) is 36.5 Å². The molecule has 0 bridgehead atoms. The first kappa shape index (κ1) is 16.4. The first-order valence-electron chi connectivity index (χ1n) is 7.94. The average molecular weight is 329 g/mol. The van der Waals surface area contributed by atoms with Crippen molar-refractivity contribution in [3.8, 4) is 5.75 Å². The summed E-state index contributed by atoms with van der Waals surface area (Å²) in [6, 6.07) is 8.94. The van der Waals surface area contributed by atoms with E-state index < -0.39 is 0 Å². The zero-order valence-electron chi connectivity index (χ0n) is 13.7. The summed E-state index contributed by atoms with van der Waals surface area (Å²) in [5.41, 5.74) is 15.1. The Hall–Kier alpha value is -2.44. The van der Waals surface area contributed by atoms with E-state index >= 15 is 0 Å². The summed E-state index contributed by atoms with van der Waals surface area (Å²) in [7, 11) is 1.69. The number of ether oxygens (including phenoxy) is 2. The first-order chi connectivity index (χ1) is 11.6. The minimum Gasteiger partial charge on any atom is -0.507 e. The number of aromatic nitrogens is 1. The van der Waals surface area contributed by atoms with E-state index in [2.05, 4.69) is 4.98 Å². The number of hydrogen-bond donors (Lipinski definition) is 4. The van der Waals surface area contributed by atoms with Crippen LogP contribution in [0.5, 0.6) is 5.75 Å². The fourth-order valence-electron chi connectivity index (χ4n) is 3.09. The Labute approximate surface area is 141 Å². The van der Waals surface area contributed by atoms with Gasteiger partial charge in [-0.15, -0.1) is 0 Å². The van der Waals surface area contributed by atoms with Crippen LogP contribution in [0.4, 0.5) is 5.82 Å². The monoisotopic (exact) mass is 329 g/mol. The lowest BCUT2D eigenvalue weighted by molar-refractivity contribution is -0.0441. The minimum atomic E-state index is 0.00384. The zero-order chi connectivity index (χ0) is 17.1. The Balaban J connectivity index is 1.89. The van der Waals surface area contributed by atoms with Gasteiger partial charge in [0.15, 0.2) is 0 Å². The largest absolute Gasteiger partial charge is 0.507 e. The zero-order valence-corrected chi connectivity index (χ0v) is 13.7. The molecule has 0 saturated carbocycles. The lowest BCUT2D eigenvalue weighted by Crippen LogP contribution is -2.32. The van der Waals surface area contributed by atoms with E-state index in [1.54, 1.807) is 31.4 Å². The van der Waals surface area contributed by atoms with E-state index in [4.69, 9.17) is 20.9 Å². The summed E-state index contributed by atoms with van der Waals surface area (Å²) in [6.07, 6.45) is 2.64. The smallest absolute Gasteiger partial charge is 0.124 e. The van der Waals surface area contributed by atoms with Gasteiger partial charge in [0.05, 0.1) is 12.7 Å². The number of para-hydroxylation sites is 1. The molecule has 1 aromatic heterocycles. The molecular weight excluding hydrogens is 306 g/mol. The standard InChI is InChI=1S/C18H23N3O3/c1-23-17-10-24-7-6-13(17)15-9-11(18(20)21-15)8-14(19)12-4-2-3-5-16(12)22/h2-5,8-9,13,17,21-22H,6-7,10,19-20H2,1H3/b14-8-. The average Bonchev–Trinajstić information content (AvgIpc) is 2.95. The Kier molecular flexibility index (Phi) is 4.78. The highest BCUT2D eigenvalue weighted by atomic mass is 16.5. The SMILES string of the molecule is COC1COCCC1c1cc(/C=C(\N)c2ccccc2O)c(N)[nH]1. The first-order valence-corrected chi connectivity index (χ1v) is 7.94. The molecule has 0 aliphatic carbocycles. The van der Waals surface area contributed by atoms with Crippen molar-refractivity contribution in [2.75, 3.05) is 26.1 Å². The van der Waals surface area contributed by atoms with E-state index in [-0.39, 0.29) is 17.8 Å². The summed E-state index contributed by atoms with van der Waals surface area (Å²) < 4.78 is 11.0. The number of aromatic hydroxyl groups is 1. The molecule has 0 spiro atoms. The van der Waals surface area contributed by atoms with E-state index in [1.165, 1.54) is 0 Å². The number of nitrogen functional groups attached to an aromatic ring is 1. The molecule has 1 aromatic carbocycles. The molecule has 2 aromatic rings. The van der Waals surface area contributed by atoms with Gasteiger partial charge in [0.1, 0.15) is 11.6 Å². The second kappa shape index (κ2) is 6.98. The number of aromatic amines is 1. The van der Waals surface area contributed by atoms with Crippen LogP contribution in [-0.2, 0) is 9.47 Å². The second-order valence-corrected chi connectivity index (χ2v) is 5.95. The number of benzene rings is 1. The van der Waals surface area contributed by atoms with Gasteiger partial charge in [-0.25, -0.2) is 0 Å². The molecule has 24 heavy (non-hydrogen) atoms. The van der Waals surface area contributed by atoms with Crippen LogP contribution in [0.2, 0.25) is 0 Å². The van der Waals surface area contributed by atoms with Gasteiger partial charge >= 0.3 is 0 Å². The van der Waals surface area contributed by atoms with Crippen molar-refractivity contribution in [3.05, 3.63) is 47.2 Å². The van der Waals surface area contributed by atoms with Crippen LogP contribution in [0.3, 0.4) is 0 Å². The third-order valence-electron chi connectivity index (χ3n) is 4.43. The van der Waals surface area contributed by atoms with E-state index in [9.17, 15) is 5.11 Å². The highest BCUT2D eigenvalue weighted by molar-refractivity contribution is 5.84. The number of H-pyrrole nitrogens is 1. The van der Waals surface area contributed by atoms with E-state index in [0.717, 1.165) is 17.7 Å². The van der Waals surface area contributed by atoms with Crippen molar-refractivity contribution in [3.63, 3.8) is 0 Å². The Morgan fingerprint density at radius 2 is 2.21 bits per heavy atom. The molecular formula is C18H23N3O3. The van der Waals surface area contributed by atoms with E-state index in [0.29, 0.717) is 30.3 Å². The number of methoxy groups -OCH3 is 1. The number of hydrogen-bond acceptors (Lipinski definition) is 5. The number of rotatable bonds is 4. The molecule has 0 amide bonds. The van der Waals surface area contributed by atoms with E-state index in [1.807, 2.05) is 12.1 Å². The number of anilines is 1. The van der Waals surface area contributed by atoms with Gasteiger partial charge in [-0.3, -0.25) is 0 Å². The molecule has 2 atom stereocenters. The van der Waals surface area contributed by atoms with Crippen molar-refractivity contribution < 1.29 is 14.6 Å². The number of nitrogens with one attached hydrogen (secondary N) is 1. The van der Waals surface area contributed by atoms with Crippen molar-refractivity contribution >= 4 is 17.6 Å². The predicted molar refractivity (Wildman–Crippen MR) is 94.3 cm³/mol. The van der Waals surface area contributed by atoms with Crippen LogP contribution >= 0.6 is 0 Å². The quantitative estimate of drug-likeness (QED) is 0.688. The van der Waals surface area contributed by atoms with Crippen LogP contribution in [0.15, 0.2) is 30.3 Å². The second-order valence-electron chi connectivity index (χ2n) is 5.95. The highest BCUT2D eigenvalue weighted by Crippen LogP contribution is 2.32. The maximum Gasteiger partial charge on any atom is 0.124 e. The Morgan fingerprint density at radius 3 is 2.96 bits per heavy atom. The molecule has 2 heterocycles. The maximum absolute atomic E-state index is 9.91. The van der Waals surface area contributed by atoms with Crippen LogP contribution in [0, 0.1) is 0 Å². The van der Waals surface area contributed by atoms with Gasteiger partial charge < -0.3 is 31.0 Å². The molecule has 1 aliphatic heterocycles. The molecule has 3 rings (SSSR count). The van der Waals surface area contributed by atoms with Gasteiger partial charge in [-0.05, 0) is 30.7 Å². The summed E-state index contributed by atoms with van der Waals surface area (Å²) in [5, 5.41) is 9.91. The molecule has 6 heteroatoms. The highest BCUT2D eigenvalue weighted by Gasteiger charge is 2.28. The summed E-state index contributed by atoms with van der Waals surface area (Å²) in [5.74, 6) is 0.897. The van der Waals surface area contributed by atoms with Crippen LogP contribution in [0.25, 0.3) is 11.8 Å². The molecule has 6 nitrogen and oxygen atoms in total. The molecule has 1 aliphatic rings. The van der Waals surface area contributed by atoms with Crippen molar-refractivity contribution in [2.45, 2.75) is 18.4 Å². The molecule has 0 radical (unpaired) electrons. The summed E-state index contributed by atoms with van der Waals surface area (Å²) in [4.78, 5) is 3.23. The molecule has 1 saturated heterocycles. The third-order valence-corrected chi connectivity index (χ3v) is 4.43. The van der Waals surface area contributed by atoms with Crippen LogP contribution < -0.4 is 11.5 Å². The Bertz CT molecular complexity index is 739. The number of phenols is 1. The minimum absolute atomic E-state index is 0.00384. The normalized spacial score (nSPS) is 21.8. The van der Waals surface area contributed by atoms with Crippen LogP contribution in [0.1, 0.15) is 29.2 Å². The van der Waals surface area contributed by atoms with Crippen molar-refractivity contribution in [2.24, 2.45) is 5.73 Å². The number of phenolic OH excluding ortho intramolecular Hbond substituents is 1. The van der Waals surface area contributed by atoms with Gasteiger partial charge in [-0.1, -0.05) is 12.1 Å².